The minimum atomic E-state index is 0.0469. The van der Waals surface area contributed by atoms with Crippen molar-refractivity contribution >= 4 is 17.3 Å². The Bertz CT molecular complexity index is 709. The third-order valence-corrected chi connectivity index (χ3v) is 4.25. The number of carbonyl (C=O) groups excluding carboxylic acids is 1. The summed E-state index contributed by atoms with van der Waals surface area (Å²) < 4.78 is 0. The maximum Gasteiger partial charge on any atom is 0.250 e. The lowest BCUT2D eigenvalue weighted by molar-refractivity contribution is -0.114. The molecule has 1 N–H and O–H groups in total. The van der Waals surface area contributed by atoms with E-state index in [0.29, 0.717) is 0 Å². The molecule has 0 radical (unpaired) electrons. The number of hydrogen-bond acceptors (Lipinski definition) is 2. The van der Waals surface area contributed by atoms with Gasteiger partial charge in [-0.1, -0.05) is 42.5 Å². The smallest absolute Gasteiger partial charge is 0.250 e. The number of anilines is 2. The van der Waals surface area contributed by atoms with Crippen molar-refractivity contribution in [1.29, 1.82) is 0 Å². The molecule has 3 heteroatoms. The Morgan fingerprint density at radius 2 is 1.83 bits per heavy atom. The Morgan fingerprint density at radius 1 is 1.13 bits per heavy atom. The maximum atomic E-state index is 12.5. The van der Waals surface area contributed by atoms with E-state index in [0.717, 1.165) is 17.8 Å². The quantitative estimate of drug-likeness (QED) is 0.844. The van der Waals surface area contributed by atoms with E-state index >= 15 is 0 Å². The Kier molecular flexibility index (Phi) is 4.47. The summed E-state index contributed by atoms with van der Waals surface area (Å²) in [7, 11) is 0. The highest BCUT2D eigenvalue weighted by Gasteiger charge is 2.32. The Labute approximate surface area is 137 Å². The van der Waals surface area contributed by atoms with E-state index in [9.17, 15) is 4.79 Å². The van der Waals surface area contributed by atoms with Crippen LogP contribution in [0.4, 0.5) is 11.4 Å². The van der Waals surface area contributed by atoms with E-state index in [-0.39, 0.29) is 18.0 Å². The van der Waals surface area contributed by atoms with E-state index in [4.69, 9.17) is 0 Å². The maximum absolute atomic E-state index is 12.5. The monoisotopic (exact) mass is 306 g/mol. The van der Waals surface area contributed by atoms with E-state index < -0.39 is 0 Å². The molecule has 0 aliphatic carbocycles. The first-order chi connectivity index (χ1) is 11.2. The van der Waals surface area contributed by atoms with Gasteiger partial charge in [-0.3, -0.25) is 4.79 Å². The molecule has 3 nitrogen and oxygen atoms in total. The van der Waals surface area contributed by atoms with Gasteiger partial charge in [-0.25, -0.2) is 0 Å². The van der Waals surface area contributed by atoms with E-state index in [1.54, 1.807) is 12.2 Å². The number of rotatable bonds is 3. The molecule has 2 atom stereocenters. The first-order valence-corrected chi connectivity index (χ1v) is 8.07. The minimum Gasteiger partial charge on any atom is -0.378 e. The molecule has 3 rings (SSSR count). The first-order valence-electron chi connectivity index (χ1n) is 8.07. The van der Waals surface area contributed by atoms with Crippen LogP contribution in [0.1, 0.15) is 31.9 Å². The number of hydrogen-bond donors (Lipinski definition) is 1. The predicted octanol–water partition coefficient (Wildman–Crippen LogP) is 4.54. The van der Waals surface area contributed by atoms with Crippen LogP contribution in [0.15, 0.2) is 66.7 Å². The molecule has 0 bridgehead atoms. The number of benzene rings is 2. The van der Waals surface area contributed by atoms with Crippen molar-refractivity contribution in [2.24, 2.45) is 0 Å². The fourth-order valence-corrected chi connectivity index (χ4v) is 3.24. The van der Waals surface area contributed by atoms with Gasteiger partial charge in [-0.05, 0) is 50.1 Å². The number of para-hydroxylation sites is 2. The van der Waals surface area contributed by atoms with Crippen LogP contribution < -0.4 is 10.2 Å². The molecule has 0 saturated carbocycles. The molecule has 0 fully saturated rings. The topological polar surface area (TPSA) is 32.3 Å². The fourth-order valence-electron chi connectivity index (χ4n) is 3.24. The highest BCUT2D eigenvalue weighted by atomic mass is 16.2. The molecule has 1 aliphatic heterocycles. The predicted molar refractivity (Wildman–Crippen MR) is 95.6 cm³/mol. The Hall–Kier alpha value is -2.55. The number of carbonyl (C=O) groups is 1. The third kappa shape index (κ3) is 3.14. The highest BCUT2D eigenvalue weighted by molar-refractivity contribution is 6.02. The van der Waals surface area contributed by atoms with Gasteiger partial charge >= 0.3 is 0 Å². The average Bonchev–Trinajstić information content (AvgIpc) is 2.56. The van der Waals surface area contributed by atoms with Crippen molar-refractivity contribution in [3.05, 3.63) is 72.3 Å². The molecule has 1 heterocycles. The fraction of sp³-hybridized carbons (Fsp3) is 0.250. The van der Waals surface area contributed by atoms with Gasteiger partial charge in [0, 0.05) is 17.4 Å². The van der Waals surface area contributed by atoms with Gasteiger partial charge in [0.1, 0.15) is 0 Å². The molecule has 118 valence electrons. The van der Waals surface area contributed by atoms with Crippen LogP contribution in [-0.2, 0) is 4.79 Å². The molecule has 1 aliphatic rings. The zero-order chi connectivity index (χ0) is 16.2. The second kappa shape index (κ2) is 6.69. The van der Waals surface area contributed by atoms with Crippen molar-refractivity contribution < 1.29 is 4.79 Å². The van der Waals surface area contributed by atoms with Gasteiger partial charge in [0.15, 0.2) is 0 Å². The number of nitrogens with one attached hydrogen (secondary N) is 1. The largest absolute Gasteiger partial charge is 0.378 e. The van der Waals surface area contributed by atoms with Crippen molar-refractivity contribution in [3.8, 4) is 0 Å². The minimum absolute atomic E-state index is 0.0469. The molecule has 2 unspecified atom stereocenters. The van der Waals surface area contributed by atoms with Crippen LogP contribution in [0.2, 0.25) is 0 Å². The van der Waals surface area contributed by atoms with Gasteiger partial charge in [-0.2, -0.15) is 0 Å². The zero-order valence-electron chi connectivity index (χ0n) is 13.6. The summed E-state index contributed by atoms with van der Waals surface area (Å²) in [6.45, 7) is 3.98. The number of amides is 1. The highest BCUT2D eigenvalue weighted by Crippen LogP contribution is 2.38. The first kappa shape index (κ1) is 15.3. The standard InChI is InChI=1S/C20H22N2O/c1-3-9-20(23)22-15(2)14-18(17-12-7-8-13-19(17)22)21-16-10-5-4-6-11-16/h3-13,15,18,21H,14H2,1-2H3/b9-3+. The molecule has 1 amide bonds. The molecule has 2 aromatic carbocycles. The van der Waals surface area contributed by atoms with Crippen molar-refractivity contribution in [1.82, 2.24) is 0 Å². The molecular formula is C20H22N2O. The van der Waals surface area contributed by atoms with Gasteiger partial charge in [-0.15, -0.1) is 0 Å². The lowest BCUT2D eigenvalue weighted by Gasteiger charge is -2.39. The van der Waals surface area contributed by atoms with Gasteiger partial charge in [0.05, 0.1) is 6.04 Å². The van der Waals surface area contributed by atoms with Crippen LogP contribution in [0, 0.1) is 0 Å². The SMILES string of the molecule is C/C=C/C(=O)N1c2ccccc2C(Nc2ccccc2)CC1C. The summed E-state index contributed by atoms with van der Waals surface area (Å²) in [4.78, 5) is 14.4. The Balaban J connectivity index is 1.95. The summed E-state index contributed by atoms with van der Waals surface area (Å²) in [5.74, 6) is 0.0469. The van der Waals surface area contributed by atoms with Crippen molar-refractivity contribution in [2.75, 3.05) is 10.2 Å². The van der Waals surface area contributed by atoms with Crippen LogP contribution in [-0.4, -0.2) is 11.9 Å². The normalized spacial score (nSPS) is 20.3. The summed E-state index contributed by atoms with van der Waals surface area (Å²) in [6, 6.07) is 18.7. The third-order valence-electron chi connectivity index (χ3n) is 4.25. The molecule has 0 spiro atoms. The second-order valence-corrected chi connectivity index (χ2v) is 5.91. The molecule has 0 saturated heterocycles. The van der Waals surface area contributed by atoms with Gasteiger partial charge in [0.25, 0.3) is 5.91 Å². The zero-order valence-corrected chi connectivity index (χ0v) is 13.6. The number of allylic oxidation sites excluding steroid dienone is 1. The van der Waals surface area contributed by atoms with Crippen LogP contribution in [0.5, 0.6) is 0 Å². The lowest BCUT2D eigenvalue weighted by Crippen LogP contribution is -2.43. The van der Waals surface area contributed by atoms with Crippen molar-refractivity contribution in [3.63, 3.8) is 0 Å². The molecular weight excluding hydrogens is 284 g/mol. The van der Waals surface area contributed by atoms with Crippen LogP contribution in [0.25, 0.3) is 0 Å². The van der Waals surface area contributed by atoms with Crippen molar-refractivity contribution in [2.45, 2.75) is 32.4 Å². The lowest BCUT2D eigenvalue weighted by atomic mass is 9.91. The average molecular weight is 306 g/mol. The number of fused-ring (bicyclic) bond motifs is 1. The number of nitrogens with zero attached hydrogens (tertiary/aromatic N) is 1. The van der Waals surface area contributed by atoms with E-state index in [1.807, 2.05) is 48.2 Å². The summed E-state index contributed by atoms with van der Waals surface area (Å²) in [6.07, 6.45) is 4.32. The molecule has 0 aromatic heterocycles. The van der Waals surface area contributed by atoms with Gasteiger partial charge in [0.2, 0.25) is 0 Å². The summed E-state index contributed by atoms with van der Waals surface area (Å²) >= 11 is 0. The van der Waals surface area contributed by atoms with E-state index in [1.165, 1.54) is 5.56 Å². The van der Waals surface area contributed by atoms with Gasteiger partial charge < -0.3 is 10.2 Å². The van der Waals surface area contributed by atoms with E-state index in [2.05, 4.69) is 30.4 Å². The van der Waals surface area contributed by atoms with Crippen LogP contribution >= 0.6 is 0 Å². The molecule has 2 aromatic rings. The second-order valence-electron chi connectivity index (χ2n) is 5.91. The summed E-state index contributed by atoms with van der Waals surface area (Å²) in [5, 5.41) is 3.60. The van der Waals surface area contributed by atoms with Crippen LogP contribution in [0.3, 0.4) is 0 Å². The summed E-state index contributed by atoms with van der Waals surface area (Å²) in [5.41, 5.74) is 3.28. The Morgan fingerprint density at radius 3 is 2.57 bits per heavy atom. The molecule has 23 heavy (non-hydrogen) atoms.